The summed E-state index contributed by atoms with van der Waals surface area (Å²) in [6.45, 7) is 7.58. The minimum atomic E-state index is -0.439. The predicted octanol–water partition coefficient (Wildman–Crippen LogP) is 3.70. The van der Waals surface area contributed by atoms with Crippen LogP contribution in [0.15, 0.2) is 43.0 Å². The summed E-state index contributed by atoms with van der Waals surface area (Å²) in [6.07, 6.45) is 2.29. The highest BCUT2D eigenvalue weighted by Gasteiger charge is 2.40. The highest BCUT2D eigenvalue weighted by molar-refractivity contribution is 6.35. The van der Waals surface area contributed by atoms with Crippen molar-refractivity contribution in [1.82, 2.24) is 0 Å². The monoisotopic (exact) mass is 316 g/mol. The summed E-state index contributed by atoms with van der Waals surface area (Å²) in [6, 6.07) is 10.7. The average molecular weight is 316 g/mol. The highest BCUT2D eigenvalue weighted by Crippen LogP contribution is 2.36. The molecule has 4 nitrogen and oxygen atoms in total. The number of allylic oxidation sites excluding steroid dienone is 1. The number of carbonyl (C=O) groups excluding carboxylic acids is 2. The van der Waals surface area contributed by atoms with Gasteiger partial charge in [-0.3, -0.25) is 9.59 Å². The van der Waals surface area contributed by atoms with E-state index in [1.807, 2.05) is 32.0 Å². The van der Waals surface area contributed by atoms with Crippen molar-refractivity contribution in [2.45, 2.75) is 20.3 Å². The maximum atomic E-state index is 12.9. The van der Waals surface area contributed by atoms with Crippen molar-refractivity contribution in [3.63, 3.8) is 0 Å². The molecule has 0 aromatic heterocycles. The molecule has 0 bridgehead atoms. The Kier molecular flexibility index (Phi) is 3.78. The predicted molar refractivity (Wildman–Crippen MR) is 92.1 cm³/mol. The van der Waals surface area contributed by atoms with Gasteiger partial charge in [0.1, 0.15) is 0 Å². The van der Waals surface area contributed by atoms with Crippen molar-refractivity contribution in [2.24, 2.45) is 0 Å². The molecule has 0 unspecified atom stereocenters. The standard InChI is InChI=1S/C20H16N2O2/c1-4-6-14-10-9-12(2)13(3)18(14)22-19(23)16-8-5-7-15(11-21)17(16)20(22)24/h4-5,7-10H,1,6H2,2-3H3. The first-order valence-electron chi connectivity index (χ1n) is 7.63. The van der Waals surface area contributed by atoms with Crippen molar-refractivity contribution in [3.05, 3.63) is 76.4 Å². The fraction of sp³-hybridized carbons (Fsp3) is 0.150. The van der Waals surface area contributed by atoms with Gasteiger partial charge in [-0.05, 0) is 49.1 Å². The molecule has 0 N–H and O–H groups in total. The lowest BCUT2D eigenvalue weighted by molar-refractivity contribution is 0.0925. The Morgan fingerprint density at radius 3 is 2.58 bits per heavy atom. The van der Waals surface area contributed by atoms with Crippen LogP contribution < -0.4 is 4.90 Å². The number of anilines is 1. The topological polar surface area (TPSA) is 61.2 Å². The second-order valence-corrected chi connectivity index (χ2v) is 5.79. The zero-order chi connectivity index (χ0) is 17.4. The summed E-state index contributed by atoms with van der Waals surface area (Å²) in [4.78, 5) is 27.0. The van der Waals surface area contributed by atoms with Crippen LogP contribution >= 0.6 is 0 Å². The van der Waals surface area contributed by atoms with E-state index in [9.17, 15) is 14.9 Å². The number of carbonyl (C=O) groups is 2. The second kappa shape index (κ2) is 5.78. The molecular weight excluding hydrogens is 300 g/mol. The van der Waals surface area contributed by atoms with E-state index < -0.39 is 5.91 Å². The van der Waals surface area contributed by atoms with Gasteiger partial charge in [-0.25, -0.2) is 4.90 Å². The van der Waals surface area contributed by atoms with Gasteiger partial charge in [0.05, 0.1) is 28.4 Å². The molecule has 2 aromatic rings. The molecule has 2 amide bonds. The largest absolute Gasteiger partial charge is 0.268 e. The lowest BCUT2D eigenvalue weighted by Gasteiger charge is -2.21. The van der Waals surface area contributed by atoms with Gasteiger partial charge in [-0.1, -0.05) is 24.3 Å². The quantitative estimate of drug-likeness (QED) is 0.640. The van der Waals surface area contributed by atoms with Gasteiger partial charge in [-0.15, -0.1) is 6.58 Å². The Bertz CT molecular complexity index is 935. The first-order chi connectivity index (χ1) is 11.5. The van der Waals surface area contributed by atoms with Gasteiger partial charge in [0.15, 0.2) is 0 Å². The molecule has 1 aliphatic rings. The number of fused-ring (bicyclic) bond motifs is 1. The minimum Gasteiger partial charge on any atom is -0.268 e. The molecule has 118 valence electrons. The van der Waals surface area contributed by atoms with Crippen molar-refractivity contribution in [3.8, 4) is 6.07 Å². The number of imide groups is 1. The molecule has 2 aromatic carbocycles. The van der Waals surface area contributed by atoms with Crippen LogP contribution in [-0.4, -0.2) is 11.8 Å². The molecule has 0 saturated carbocycles. The average Bonchev–Trinajstić information content (AvgIpc) is 2.83. The zero-order valence-electron chi connectivity index (χ0n) is 13.6. The number of aryl methyl sites for hydroxylation is 1. The van der Waals surface area contributed by atoms with Gasteiger partial charge in [0, 0.05) is 0 Å². The van der Waals surface area contributed by atoms with E-state index in [0.717, 1.165) is 16.7 Å². The molecule has 0 atom stereocenters. The van der Waals surface area contributed by atoms with E-state index in [1.165, 1.54) is 4.90 Å². The fourth-order valence-electron chi connectivity index (χ4n) is 3.07. The van der Waals surface area contributed by atoms with E-state index in [4.69, 9.17) is 0 Å². The summed E-state index contributed by atoms with van der Waals surface area (Å²) in [5.41, 5.74) is 4.03. The summed E-state index contributed by atoms with van der Waals surface area (Å²) in [5.74, 6) is -0.822. The van der Waals surface area contributed by atoms with Crippen LogP contribution in [0.1, 0.15) is 43.0 Å². The van der Waals surface area contributed by atoms with E-state index in [0.29, 0.717) is 12.1 Å². The van der Waals surface area contributed by atoms with Crippen molar-refractivity contribution in [1.29, 1.82) is 5.26 Å². The van der Waals surface area contributed by atoms with Crippen molar-refractivity contribution < 1.29 is 9.59 Å². The molecule has 0 spiro atoms. The molecule has 1 aliphatic heterocycles. The first-order valence-corrected chi connectivity index (χ1v) is 7.63. The molecular formula is C20H16N2O2. The van der Waals surface area contributed by atoms with E-state index in [-0.39, 0.29) is 22.6 Å². The van der Waals surface area contributed by atoms with Crippen LogP contribution in [-0.2, 0) is 6.42 Å². The number of rotatable bonds is 3. The Labute approximate surface area is 140 Å². The summed E-state index contributed by atoms with van der Waals surface area (Å²) in [7, 11) is 0. The van der Waals surface area contributed by atoms with Crippen LogP contribution in [0.2, 0.25) is 0 Å². The minimum absolute atomic E-state index is 0.190. The SMILES string of the molecule is C=CCc1ccc(C)c(C)c1N1C(=O)c2cccc(C#N)c2C1=O. The molecule has 0 fully saturated rings. The molecule has 0 saturated heterocycles. The zero-order valence-corrected chi connectivity index (χ0v) is 13.6. The summed E-state index contributed by atoms with van der Waals surface area (Å²) < 4.78 is 0. The molecule has 1 heterocycles. The highest BCUT2D eigenvalue weighted by atomic mass is 16.2. The maximum absolute atomic E-state index is 12.9. The summed E-state index contributed by atoms with van der Waals surface area (Å²) in [5, 5.41) is 9.25. The Morgan fingerprint density at radius 2 is 1.92 bits per heavy atom. The Hall–Kier alpha value is -3.19. The number of nitriles is 1. The molecule has 0 radical (unpaired) electrons. The van der Waals surface area contributed by atoms with E-state index >= 15 is 0 Å². The number of hydrogen-bond acceptors (Lipinski definition) is 3. The first kappa shape index (κ1) is 15.7. The second-order valence-electron chi connectivity index (χ2n) is 5.79. The Morgan fingerprint density at radius 1 is 1.17 bits per heavy atom. The number of benzene rings is 2. The van der Waals surface area contributed by atoms with Gasteiger partial charge in [-0.2, -0.15) is 5.26 Å². The van der Waals surface area contributed by atoms with Crippen LogP contribution in [0.4, 0.5) is 5.69 Å². The lowest BCUT2D eigenvalue weighted by Crippen LogP contribution is -2.31. The van der Waals surface area contributed by atoms with Gasteiger partial charge >= 0.3 is 0 Å². The number of nitrogens with zero attached hydrogens (tertiary/aromatic N) is 2. The number of amides is 2. The van der Waals surface area contributed by atoms with Crippen molar-refractivity contribution in [2.75, 3.05) is 4.90 Å². The fourth-order valence-corrected chi connectivity index (χ4v) is 3.07. The third kappa shape index (κ3) is 2.14. The molecule has 3 rings (SSSR count). The van der Waals surface area contributed by atoms with Crippen molar-refractivity contribution >= 4 is 17.5 Å². The van der Waals surface area contributed by atoms with Crippen LogP contribution in [0.3, 0.4) is 0 Å². The normalized spacial score (nSPS) is 13.0. The Balaban J connectivity index is 2.25. The van der Waals surface area contributed by atoms with E-state index in [1.54, 1.807) is 24.3 Å². The number of hydrogen-bond donors (Lipinski definition) is 0. The van der Waals surface area contributed by atoms with Crippen LogP contribution in [0.25, 0.3) is 0 Å². The lowest BCUT2D eigenvalue weighted by atomic mass is 9.99. The smallest absolute Gasteiger partial charge is 0.267 e. The van der Waals surface area contributed by atoms with Gasteiger partial charge in [0.2, 0.25) is 0 Å². The van der Waals surface area contributed by atoms with Crippen LogP contribution in [0.5, 0.6) is 0 Å². The van der Waals surface area contributed by atoms with Gasteiger partial charge < -0.3 is 0 Å². The molecule has 24 heavy (non-hydrogen) atoms. The third-order valence-corrected chi connectivity index (χ3v) is 4.41. The maximum Gasteiger partial charge on any atom is 0.267 e. The summed E-state index contributed by atoms with van der Waals surface area (Å²) >= 11 is 0. The van der Waals surface area contributed by atoms with E-state index in [2.05, 4.69) is 6.58 Å². The molecule has 4 heteroatoms. The van der Waals surface area contributed by atoms with Gasteiger partial charge in [0.25, 0.3) is 11.8 Å². The third-order valence-electron chi connectivity index (χ3n) is 4.41. The molecule has 0 aliphatic carbocycles. The van der Waals surface area contributed by atoms with Crippen LogP contribution in [0, 0.1) is 25.2 Å².